The molecule has 0 aliphatic rings. The van der Waals surface area contributed by atoms with Crippen molar-refractivity contribution in [2.75, 3.05) is 7.11 Å². The first-order chi connectivity index (χ1) is 12.4. The Morgan fingerprint density at radius 3 is 2.58 bits per heavy atom. The molecule has 0 atom stereocenters. The minimum atomic E-state index is -3.63. The molecule has 0 fully saturated rings. The van der Waals surface area contributed by atoms with E-state index in [2.05, 4.69) is 9.88 Å². The van der Waals surface area contributed by atoms with Gasteiger partial charge in [-0.25, -0.2) is 13.1 Å². The largest absolute Gasteiger partial charge is 0.497 e. The summed E-state index contributed by atoms with van der Waals surface area (Å²) in [6, 6.07) is 14.0. The number of aryl methyl sites for hydroxylation is 2. The van der Waals surface area contributed by atoms with Gasteiger partial charge in [-0.05, 0) is 43.2 Å². The summed E-state index contributed by atoms with van der Waals surface area (Å²) in [6.07, 6.45) is 0. The van der Waals surface area contributed by atoms with Crippen molar-refractivity contribution in [2.45, 2.75) is 25.3 Å². The Morgan fingerprint density at radius 1 is 1.12 bits per heavy atom. The SMILES string of the molecule is COc1cccc(S(=O)(=O)NCc2cccc(-c3c(C)noc3C)c2)c1. The first kappa shape index (κ1) is 18.2. The third kappa shape index (κ3) is 3.79. The second-order valence-corrected chi connectivity index (χ2v) is 7.67. The molecule has 0 aliphatic heterocycles. The van der Waals surface area contributed by atoms with Crippen molar-refractivity contribution in [1.29, 1.82) is 0 Å². The minimum Gasteiger partial charge on any atom is -0.497 e. The first-order valence-corrected chi connectivity index (χ1v) is 9.55. The fourth-order valence-electron chi connectivity index (χ4n) is 2.76. The number of nitrogens with zero attached hydrogens (tertiary/aromatic N) is 1. The van der Waals surface area contributed by atoms with Crippen LogP contribution in [0.2, 0.25) is 0 Å². The summed E-state index contributed by atoms with van der Waals surface area (Å²) in [6.45, 7) is 3.91. The molecule has 26 heavy (non-hydrogen) atoms. The van der Waals surface area contributed by atoms with E-state index >= 15 is 0 Å². The molecule has 0 saturated heterocycles. The van der Waals surface area contributed by atoms with Crippen LogP contribution in [-0.4, -0.2) is 20.7 Å². The third-order valence-corrected chi connectivity index (χ3v) is 5.47. The highest BCUT2D eigenvalue weighted by Crippen LogP contribution is 2.27. The Kier molecular flexibility index (Phi) is 5.11. The van der Waals surface area contributed by atoms with Gasteiger partial charge in [-0.3, -0.25) is 0 Å². The summed E-state index contributed by atoms with van der Waals surface area (Å²) in [5.74, 6) is 1.23. The number of sulfonamides is 1. The van der Waals surface area contributed by atoms with Gasteiger partial charge in [-0.1, -0.05) is 29.4 Å². The van der Waals surface area contributed by atoms with E-state index in [1.165, 1.54) is 19.2 Å². The predicted molar refractivity (Wildman–Crippen MR) is 98.4 cm³/mol. The first-order valence-electron chi connectivity index (χ1n) is 8.06. The van der Waals surface area contributed by atoms with Crippen LogP contribution < -0.4 is 9.46 Å². The molecule has 0 saturated carbocycles. The molecular formula is C19H20N2O4S. The fraction of sp³-hybridized carbons (Fsp3) is 0.211. The average molecular weight is 372 g/mol. The Bertz CT molecular complexity index is 1010. The second-order valence-electron chi connectivity index (χ2n) is 5.90. The maximum Gasteiger partial charge on any atom is 0.241 e. The van der Waals surface area contributed by atoms with Crippen LogP contribution in [0.1, 0.15) is 17.0 Å². The van der Waals surface area contributed by atoms with Gasteiger partial charge in [0.2, 0.25) is 10.0 Å². The summed E-state index contributed by atoms with van der Waals surface area (Å²) in [5, 5.41) is 3.97. The number of hydrogen-bond donors (Lipinski definition) is 1. The normalized spacial score (nSPS) is 11.5. The molecule has 1 heterocycles. The molecule has 2 aromatic carbocycles. The second kappa shape index (κ2) is 7.31. The van der Waals surface area contributed by atoms with Crippen LogP contribution in [0, 0.1) is 13.8 Å². The Balaban J connectivity index is 1.80. The van der Waals surface area contributed by atoms with Gasteiger partial charge in [-0.2, -0.15) is 0 Å². The van der Waals surface area contributed by atoms with Crippen LogP contribution in [0.4, 0.5) is 0 Å². The summed E-state index contributed by atoms with van der Waals surface area (Å²) in [7, 11) is -2.14. The van der Waals surface area contributed by atoms with Crippen molar-refractivity contribution in [2.24, 2.45) is 0 Å². The van der Waals surface area contributed by atoms with Crippen LogP contribution in [0.25, 0.3) is 11.1 Å². The van der Waals surface area contributed by atoms with E-state index in [0.717, 1.165) is 28.1 Å². The van der Waals surface area contributed by atoms with Crippen molar-refractivity contribution in [3.8, 4) is 16.9 Å². The number of benzene rings is 2. The molecule has 0 bridgehead atoms. The zero-order valence-electron chi connectivity index (χ0n) is 14.8. The van der Waals surface area contributed by atoms with Crippen molar-refractivity contribution in [3.63, 3.8) is 0 Å². The van der Waals surface area contributed by atoms with Crippen LogP contribution in [0.5, 0.6) is 5.75 Å². The molecule has 0 aliphatic carbocycles. The quantitative estimate of drug-likeness (QED) is 0.717. The maximum atomic E-state index is 12.5. The number of nitrogens with one attached hydrogen (secondary N) is 1. The van der Waals surface area contributed by atoms with Crippen molar-refractivity contribution in [1.82, 2.24) is 9.88 Å². The monoisotopic (exact) mass is 372 g/mol. The van der Waals surface area contributed by atoms with Gasteiger partial charge in [-0.15, -0.1) is 0 Å². The molecule has 0 spiro atoms. The van der Waals surface area contributed by atoms with E-state index in [9.17, 15) is 8.42 Å². The zero-order chi connectivity index (χ0) is 18.7. The highest BCUT2D eigenvalue weighted by Gasteiger charge is 2.15. The lowest BCUT2D eigenvalue weighted by Gasteiger charge is -2.09. The molecule has 3 aromatic rings. The van der Waals surface area contributed by atoms with Crippen LogP contribution in [-0.2, 0) is 16.6 Å². The van der Waals surface area contributed by atoms with E-state index in [1.807, 2.05) is 38.1 Å². The van der Waals surface area contributed by atoms with E-state index in [-0.39, 0.29) is 11.4 Å². The number of methoxy groups -OCH3 is 1. The zero-order valence-corrected chi connectivity index (χ0v) is 15.6. The molecule has 136 valence electrons. The van der Waals surface area contributed by atoms with Gasteiger partial charge >= 0.3 is 0 Å². The number of aromatic nitrogens is 1. The van der Waals surface area contributed by atoms with Crippen LogP contribution in [0.15, 0.2) is 57.9 Å². The fourth-order valence-corrected chi connectivity index (χ4v) is 3.81. The number of rotatable bonds is 6. The lowest BCUT2D eigenvalue weighted by atomic mass is 10.0. The molecule has 1 N–H and O–H groups in total. The summed E-state index contributed by atoms with van der Waals surface area (Å²) < 4.78 is 37.9. The summed E-state index contributed by atoms with van der Waals surface area (Å²) >= 11 is 0. The van der Waals surface area contributed by atoms with Crippen molar-refractivity contribution < 1.29 is 17.7 Å². The van der Waals surface area contributed by atoms with Gasteiger partial charge in [0.15, 0.2) is 0 Å². The highest BCUT2D eigenvalue weighted by atomic mass is 32.2. The Hall–Kier alpha value is -2.64. The minimum absolute atomic E-state index is 0.165. The Morgan fingerprint density at radius 2 is 1.88 bits per heavy atom. The summed E-state index contributed by atoms with van der Waals surface area (Å²) in [5.41, 5.74) is 3.52. The van der Waals surface area contributed by atoms with Gasteiger partial charge in [0.05, 0.1) is 17.7 Å². The molecular weight excluding hydrogens is 352 g/mol. The van der Waals surface area contributed by atoms with E-state index < -0.39 is 10.0 Å². The molecule has 0 amide bonds. The van der Waals surface area contributed by atoms with Crippen LogP contribution >= 0.6 is 0 Å². The predicted octanol–water partition coefficient (Wildman–Crippen LogP) is 3.45. The summed E-state index contributed by atoms with van der Waals surface area (Å²) in [4.78, 5) is 0.165. The standard InChI is InChI=1S/C19H20N2O4S/c1-13-19(14(2)25-21-13)16-7-4-6-15(10-16)12-20-26(22,23)18-9-5-8-17(11-18)24-3/h4-11,20H,12H2,1-3H3. The van der Waals surface area contributed by atoms with E-state index in [0.29, 0.717) is 5.75 Å². The molecule has 3 rings (SSSR count). The lowest BCUT2D eigenvalue weighted by molar-refractivity contribution is 0.393. The van der Waals surface area contributed by atoms with Crippen molar-refractivity contribution in [3.05, 3.63) is 65.5 Å². The Labute approximate surface area is 152 Å². The molecule has 0 radical (unpaired) electrons. The molecule has 1 aromatic heterocycles. The maximum absolute atomic E-state index is 12.5. The van der Waals surface area contributed by atoms with Gasteiger partial charge in [0, 0.05) is 18.2 Å². The number of hydrogen-bond acceptors (Lipinski definition) is 5. The number of ether oxygens (including phenoxy) is 1. The van der Waals surface area contributed by atoms with E-state index in [4.69, 9.17) is 9.26 Å². The third-order valence-electron chi connectivity index (χ3n) is 4.07. The molecule has 7 heteroatoms. The van der Waals surface area contributed by atoms with Crippen LogP contribution in [0.3, 0.4) is 0 Å². The van der Waals surface area contributed by atoms with Gasteiger partial charge in [0.1, 0.15) is 11.5 Å². The average Bonchev–Trinajstić information content (AvgIpc) is 2.99. The molecule has 0 unspecified atom stereocenters. The van der Waals surface area contributed by atoms with Gasteiger partial charge < -0.3 is 9.26 Å². The van der Waals surface area contributed by atoms with E-state index in [1.54, 1.807) is 12.1 Å². The smallest absolute Gasteiger partial charge is 0.241 e. The van der Waals surface area contributed by atoms with Crippen molar-refractivity contribution >= 4 is 10.0 Å². The lowest BCUT2D eigenvalue weighted by Crippen LogP contribution is -2.23. The topological polar surface area (TPSA) is 81.4 Å². The van der Waals surface area contributed by atoms with Gasteiger partial charge in [0.25, 0.3) is 0 Å². The highest BCUT2D eigenvalue weighted by molar-refractivity contribution is 7.89. The molecule has 6 nitrogen and oxygen atoms in total.